The second kappa shape index (κ2) is 7.44. The summed E-state index contributed by atoms with van der Waals surface area (Å²) in [5.74, 6) is 1.74. The minimum Gasteiger partial charge on any atom is -0.317 e. The molecule has 20 heavy (non-hydrogen) atoms. The molecule has 0 radical (unpaired) electrons. The van der Waals surface area contributed by atoms with E-state index in [4.69, 9.17) is 0 Å². The van der Waals surface area contributed by atoms with Gasteiger partial charge in [0.1, 0.15) is 4.90 Å². The molecule has 1 saturated heterocycles. The van der Waals surface area contributed by atoms with E-state index in [0.29, 0.717) is 18.0 Å². The van der Waals surface area contributed by atoms with Gasteiger partial charge in [0.05, 0.1) is 6.20 Å². The van der Waals surface area contributed by atoms with Gasteiger partial charge in [0.25, 0.3) is 0 Å². The van der Waals surface area contributed by atoms with Crippen LogP contribution in [0, 0.1) is 0 Å². The molecule has 0 aromatic carbocycles. The zero-order valence-corrected chi connectivity index (χ0v) is 13.4. The number of aromatic nitrogens is 2. The lowest BCUT2D eigenvalue weighted by atomic mass is 10.4. The predicted molar refractivity (Wildman–Crippen MR) is 81.5 cm³/mol. The maximum atomic E-state index is 12.4. The Bertz CT molecular complexity index is 509. The number of hydrogen-bond donors (Lipinski definition) is 1. The van der Waals surface area contributed by atoms with Crippen LogP contribution in [0.4, 0.5) is 0 Å². The summed E-state index contributed by atoms with van der Waals surface area (Å²) in [6.45, 7) is 5.86. The van der Waals surface area contributed by atoms with E-state index in [1.54, 1.807) is 26.9 Å². The van der Waals surface area contributed by atoms with Crippen LogP contribution < -0.4 is 5.32 Å². The topological polar surface area (TPSA) is 67.2 Å². The standard InChI is InChI=1S/C12H22N4O2S2/c1-2-13-4-3-5-15-11-12(10-14-15)20(17,18)16-6-8-19-9-7-16/h10-11,13H,2-9H2,1H3. The molecule has 1 aliphatic heterocycles. The number of thioether (sulfide) groups is 1. The van der Waals surface area contributed by atoms with Gasteiger partial charge in [0, 0.05) is 37.3 Å². The largest absolute Gasteiger partial charge is 0.317 e. The van der Waals surface area contributed by atoms with Gasteiger partial charge in [-0.1, -0.05) is 6.92 Å². The van der Waals surface area contributed by atoms with Crippen LogP contribution in [-0.2, 0) is 16.6 Å². The number of rotatable bonds is 7. The van der Waals surface area contributed by atoms with E-state index in [1.165, 1.54) is 6.20 Å². The molecule has 114 valence electrons. The van der Waals surface area contributed by atoms with E-state index < -0.39 is 10.0 Å². The van der Waals surface area contributed by atoms with Crippen LogP contribution >= 0.6 is 11.8 Å². The molecule has 8 heteroatoms. The summed E-state index contributed by atoms with van der Waals surface area (Å²) in [6, 6.07) is 0. The number of aryl methyl sites for hydroxylation is 1. The van der Waals surface area contributed by atoms with Gasteiger partial charge in [-0.2, -0.15) is 21.2 Å². The Morgan fingerprint density at radius 3 is 2.85 bits per heavy atom. The third kappa shape index (κ3) is 3.97. The summed E-state index contributed by atoms with van der Waals surface area (Å²) >= 11 is 1.80. The lowest BCUT2D eigenvalue weighted by Crippen LogP contribution is -2.37. The highest BCUT2D eigenvalue weighted by molar-refractivity contribution is 7.99. The SMILES string of the molecule is CCNCCCn1cc(S(=O)(=O)N2CCSCC2)cn1. The first kappa shape index (κ1) is 15.8. The van der Waals surface area contributed by atoms with Gasteiger partial charge in [0.2, 0.25) is 10.0 Å². The van der Waals surface area contributed by atoms with Gasteiger partial charge >= 0.3 is 0 Å². The van der Waals surface area contributed by atoms with E-state index >= 15 is 0 Å². The minimum atomic E-state index is -3.36. The van der Waals surface area contributed by atoms with Crippen LogP contribution in [0.1, 0.15) is 13.3 Å². The van der Waals surface area contributed by atoms with Crippen molar-refractivity contribution in [1.29, 1.82) is 0 Å². The lowest BCUT2D eigenvalue weighted by Gasteiger charge is -2.24. The first-order valence-electron chi connectivity index (χ1n) is 6.95. The maximum absolute atomic E-state index is 12.4. The molecule has 0 aliphatic carbocycles. The van der Waals surface area contributed by atoms with Crippen LogP contribution in [0.5, 0.6) is 0 Å². The van der Waals surface area contributed by atoms with Crippen molar-refractivity contribution in [2.24, 2.45) is 0 Å². The zero-order valence-electron chi connectivity index (χ0n) is 11.8. The van der Waals surface area contributed by atoms with Gasteiger partial charge < -0.3 is 5.32 Å². The molecule has 0 spiro atoms. The fourth-order valence-electron chi connectivity index (χ4n) is 2.08. The smallest absolute Gasteiger partial charge is 0.246 e. The van der Waals surface area contributed by atoms with E-state index in [0.717, 1.165) is 37.6 Å². The molecule has 0 unspecified atom stereocenters. The highest BCUT2D eigenvalue weighted by atomic mass is 32.2. The van der Waals surface area contributed by atoms with Crippen molar-refractivity contribution in [1.82, 2.24) is 19.4 Å². The Labute approximate surface area is 125 Å². The molecule has 6 nitrogen and oxygen atoms in total. The summed E-state index contributed by atoms with van der Waals surface area (Å²) in [7, 11) is -3.36. The van der Waals surface area contributed by atoms with Crippen molar-refractivity contribution < 1.29 is 8.42 Å². The second-order valence-corrected chi connectivity index (χ2v) is 7.83. The van der Waals surface area contributed by atoms with Crippen molar-refractivity contribution in [2.45, 2.75) is 24.8 Å². The fraction of sp³-hybridized carbons (Fsp3) is 0.750. The van der Waals surface area contributed by atoms with Crippen LogP contribution in [0.15, 0.2) is 17.3 Å². The normalized spacial score (nSPS) is 17.4. The molecule has 0 saturated carbocycles. The van der Waals surface area contributed by atoms with Crippen LogP contribution in [-0.4, -0.2) is 60.2 Å². The van der Waals surface area contributed by atoms with Crippen molar-refractivity contribution in [3.8, 4) is 0 Å². The number of nitrogens with zero attached hydrogens (tertiary/aromatic N) is 3. The predicted octanol–water partition coefficient (Wildman–Crippen LogP) is 0.620. The summed E-state index contributed by atoms with van der Waals surface area (Å²) in [5, 5.41) is 7.39. The van der Waals surface area contributed by atoms with E-state index in [1.807, 2.05) is 0 Å². The molecule has 0 bridgehead atoms. The first-order valence-corrected chi connectivity index (χ1v) is 9.55. The molecule has 0 atom stereocenters. The van der Waals surface area contributed by atoms with Gasteiger partial charge in [-0.3, -0.25) is 4.68 Å². The molecule has 1 aromatic heterocycles. The third-order valence-electron chi connectivity index (χ3n) is 3.21. The number of nitrogens with one attached hydrogen (secondary N) is 1. The van der Waals surface area contributed by atoms with E-state index in [-0.39, 0.29) is 0 Å². The summed E-state index contributed by atoms with van der Waals surface area (Å²) in [6.07, 6.45) is 4.04. The lowest BCUT2D eigenvalue weighted by molar-refractivity contribution is 0.443. The van der Waals surface area contributed by atoms with Gasteiger partial charge in [-0.05, 0) is 19.5 Å². The first-order chi connectivity index (χ1) is 9.64. The number of sulfonamides is 1. The Balaban J connectivity index is 1.96. The van der Waals surface area contributed by atoms with Crippen LogP contribution in [0.25, 0.3) is 0 Å². The van der Waals surface area contributed by atoms with E-state index in [2.05, 4.69) is 17.3 Å². The third-order valence-corrected chi connectivity index (χ3v) is 6.00. The molecule has 0 amide bonds. The number of hydrogen-bond acceptors (Lipinski definition) is 5. The molecular formula is C12H22N4O2S2. The summed E-state index contributed by atoms with van der Waals surface area (Å²) in [4.78, 5) is 0.313. The molecule has 2 rings (SSSR count). The average molecular weight is 318 g/mol. The molecule has 1 N–H and O–H groups in total. The second-order valence-electron chi connectivity index (χ2n) is 4.66. The van der Waals surface area contributed by atoms with Gasteiger partial charge in [-0.15, -0.1) is 0 Å². The van der Waals surface area contributed by atoms with Gasteiger partial charge in [0.15, 0.2) is 0 Å². The Kier molecular flexibility index (Phi) is 5.88. The highest BCUT2D eigenvalue weighted by Crippen LogP contribution is 2.19. The molecule has 1 fully saturated rings. The molecular weight excluding hydrogens is 296 g/mol. The van der Waals surface area contributed by atoms with Crippen molar-refractivity contribution >= 4 is 21.8 Å². The average Bonchev–Trinajstić information content (AvgIpc) is 2.94. The Morgan fingerprint density at radius 1 is 1.40 bits per heavy atom. The quantitative estimate of drug-likeness (QED) is 0.747. The zero-order chi connectivity index (χ0) is 14.4. The highest BCUT2D eigenvalue weighted by Gasteiger charge is 2.27. The summed E-state index contributed by atoms with van der Waals surface area (Å²) < 4.78 is 28.1. The Hall–Kier alpha value is -0.570. The van der Waals surface area contributed by atoms with Crippen molar-refractivity contribution in [3.05, 3.63) is 12.4 Å². The molecule has 1 aliphatic rings. The van der Waals surface area contributed by atoms with Crippen molar-refractivity contribution in [2.75, 3.05) is 37.7 Å². The van der Waals surface area contributed by atoms with Crippen molar-refractivity contribution in [3.63, 3.8) is 0 Å². The van der Waals surface area contributed by atoms with Gasteiger partial charge in [-0.25, -0.2) is 8.42 Å². The maximum Gasteiger partial charge on any atom is 0.246 e. The monoisotopic (exact) mass is 318 g/mol. The summed E-state index contributed by atoms with van der Waals surface area (Å²) in [5.41, 5.74) is 0. The van der Waals surface area contributed by atoms with E-state index in [9.17, 15) is 8.42 Å². The molecule has 2 heterocycles. The fourth-order valence-corrected chi connectivity index (χ4v) is 4.61. The van der Waals surface area contributed by atoms with Crippen LogP contribution in [0.2, 0.25) is 0 Å². The van der Waals surface area contributed by atoms with Crippen LogP contribution in [0.3, 0.4) is 0 Å². The minimum absolute atomic E-state index is 0.313. The Morgan fingerprint density at radius 2 is 2.15 bits per heavy atom. The molecule has 1 aromatic rings.